The number of hydrogen-bond donors (Lipinski definition) is 1. The van der Waals surface area contributed by atoms with E-state index in [9.17, 15) is 4.79 Å². The fourth-order valence-corrected chi connectivity index (χ4v) is 2.03. The summed E-state index contributed by atoms with van der Waals surface area (Å²) in [6.45, 7) is 7.37. The summed E-state index contributed by atoms with van der Waals surface area (Å²) in [5, 5.41) is 3.35. The predicted molar refractivity (Wildman–Crippen MR) is 63.8 cm³/mol. The molecule has 1 aromatic rings. The maximum absolute atomic E-state index is 12.0. The minimum Gasteiger partial charge on any atom is -0.349 e. The third kappa shape index (κ3) is 2.09. The molecular formula is C11H18N4O. The van der Waals surface area contributed by atoms with E-state index >= 15 is 0 Å². The summed E-state index contributed by atoms with van der Waals surface area (Å²) in [5.41, 5.74) is 0.0131. The normalized spacial score (nSPS) is 21.1. The fraction of sp³-hybridized carbons (Fsp3) is 0.636. The minimum atomic E-state index is 0.0131. The first-order valence-electron chi connectivity index (χ1n) is 5.76. The zero-order valence-electron chi connectivity index (χ0n) is 9.81. The van der Waals surface area contributed by atoms with Gasteiger partial charge in [0.1, 0.15) is 0 Å². The molecule has 0 aromatic carbocycles. The lowest BCUT2D eigenvalue weighted by molar-refractivity contribution is 0.480. The van der Waals surface area contributed by atoms with Crippen molar-refractivity contribution in [1.82, 2.24) is 14.9 Å². The van der Waals surface area contributed by atoms with Crippen LogP contribution in [0.5, 0.6) is 0 Å². The molecule has 1 N–H and O–H groups in total. The Morgan fingerprint density at radius 1 is 1.62 bits per heavy atom. The van der Waals surface area contributed by atoms with Crippen LogP contribution in [-0.2, 0) is 6.54 Å². The Labute approximate surface area is 95.1 Å². The molecule has 0 aliphatic carbocycles. The van der Waals surface area contributed by atoms with E-state index in [0.29, 0.717) is 18.4 Å². The van der Waals surface area contributed by atoms with Crippen LogP contribution in [-0.4, -0.2) is 35.2 Å². The zero-order chi connectivity index (χ0) is 11.5. The van der Waals surface area contributed by atoms with Gasteiger partial charge in [0.25, 0.3) is 5.56 Å². The van der Waals surface area contributed by atoms with E-state index in [0.717, 1.165) is 19.6 Å². The molecule has 2 rings (SSSR count). The van der Waals surface area contributed by atoms with E-state index in [1.54, 1.807) is 17.0 Å². The molecule has 0 bridgehead atoms. The summed E-state index contributed by atoms with van der Waals surface area (Å²) in [7, 11) is 0. The highest BCUT2D eigenvalue weighted by atomic mass is 16.1. The van der Waals surface area contributed by atoms with Gasteiger partial charge in [-0.25, -0.2) is 4.98 Å². The van der Waals surface area contributed by atoms with Crippen LogP contribution in [0.3, 0.4) is 0 Å². The number of hydrogen-bond acceptors (Lipinski definition) is 4. The third-order valence-electron chi connectivity index (χ3n) is 2.90. The highest BCUT2D eigenvalue weighted by Crippen LogP contribution is 2.07. The molecule has 5 heteroatoms. The van der Waals surface area contributed by atoms with Gasteiger partial charge in [0.15, 0.2) is 5.82 Å². The van der Waals surface area contributed by atoms with Crippen molar-refractivity contribution in [1.29, 1.82) is 0 Å². The Hall–Kier alpha value is -1.36. The molecule has 1 saturated heterocycles. The first kappa shape index (κ1) is 11.1. The smallest absolute Gasteiger partial charge is 0.293 e. The van der Waals surface area contributed by atoms with E-state index in [-0.39, 0.29) is 5.56 Å². The van der Waals surface area contributed by atoms with E-state index in [4.69, 9.17) is 0 Å². The largest absolute Gasteiger partial charge is 0.349 e. The van der Waals surface area contributed by atoms with Gasteiger partial charge < -0.3 is 14.8 Å². The molecule has 1 aliphatic rings. The molecule has 0 saturated carbocycles. The lowest BCUT2D eigenvalue weighted by Crippen LogP contribution is -2.51. The number of anilines is 1. The van der Waals surface area contributed by atoms with Crippen molar-refractivity contribution in [3.63, 3.8) is 0 Å². The first-order valence-corrected chi connectivity index (χ1v) is 5.76. The van der Waals surface area contributed by atoms with Crippen LogP contribution in [0.2, 0.25) is 0 Å². The minimum absolute atomic E-state index is 0.0131. The second-order valence-corrected chi connectivity index (χ2v) is 4.14. The molecule has 5 nitrogen and oxygen atoms in total. The van der Waals surface area contributed by atoms with Crippen LogP contribution in [0, 0.1) is 0 Å². The average molecular weight is 222 g/mol. The topological polar surface area (TPSA) is 50.2 Å². The number of nitrogens with zero attached hydrogens (tertiary/aromatic N) is 3. The molecule has 88 valence electrons. The van der Waals surface area contributed by atoms with Crippen molar-refractivity contribution in [3.8, 4) is 0 Å². The maximum Gasteiger partial charge on any atom is 0.293 e. The van der Waals surface area contributed by atoms with Crippen LogP contribution >= 0.6 is 0 Å². The van der Waals surface area contributed by atoms with Crippen molar-refractivity contribution in [2.24, 2.45) is 0 Å². The Kier molecular flexibility index (Phi) is 3.24. The Balaban J connectivity index is 2.29. The maximum atomic E-state index is 12.0. The quantitative estimate of drug-likeness (QED) is 0.769. The average Bonchev–Trinajstić information content (AvgIpc) is 2.29. The van der Waals surface area contributed by atoms with Crippen LogP contribution in [0.4, 0.5) is 5.82 Å². The summed E-state index contributed by atoms with van der Waals surface area (Å²) in [6.07, 6.45) is 3.43. The van der Waals surface area contributed by atoms with Gasteiger partial charge in [-0.2, -0.15) is 0 Å². The van der Waals surface area contributed by atoms with Gasteiger partial charge in [-0.1, -0.05) is 0 Å². The number of nitrogens with one attached hydrogen (secondary N) is 1. The number of rotatable bonds is 2. The molecule has 1 aliphatic heterocycles. The molecule has 1 fully saturated rings. The van der Waals surface area contributed by atoms with E-state index in [1.807, 2.05) is 6.92 Å². The van der Waals surface area contributed by atoms with Gasteiger partial charge in [-0.3, -0.25) is 4.79 Å². The summed E-state index contributed by atoms with van der Waals surface area (Å²) < 4.78 is 1.69. The molecule has 0 radical (unpaired) electrons. The molecule has 1 aromatic heterocycles. The van der Waals surface area contributed by atoms with Crippen LogP contribution in [0.15, 0.2) is 17.2 Å². The Morgan fingerprint density at radius 3 is 3.12 bits per heavy atom. The van der Waals surface area contributed by atoms with Crippen molar-refractivity contribution in [2.45, 2.75) is 26.4 Å². The fourth-order valence-electron chi connectivity index (χ4n) is 2.03. The number of aryl methyl sites for hydroxylation is 1. The molecule has 0 amide bonds. The van der Waals surface area contributed by atoms with Crippen LogP contribution in [0.1, 0.15) is 13.8 Å². The van der Waals surface area contributed by atoms with Crippen molar-refractivity contribution in [2.75, 3.05) is 24.5 Å². The zero-order valence-corrected chi connectivity index (χ0v) is 9.81. The van der Waals surface area contributed by atoms with E-state index < -0.39 is 0 Å². The van der Waals surface area contributed by atoms with Crippen molar-refractivity contribution >= 4 is 5.82 Å². The van der Waals surface area contributed by atoms with Gasteiger partial charge in [-0.15, -0.1) is 0 Å². The molecule has 2 heterocycles. The second kappa shape index (κ2) is 4.65. The van der Waals surface area contributed by atoms with Gasteiger partial charge in [-0.05, 0) is 13.8 Å². The van der Waals surface area contributed by atoms with Gasteiger partial charge in [0.2, 0.25) is 0 Å². The lowest BCUT2D eigenvalue weighted by atomic mass is 10.2. The van der Waals surface area contributed by atoms with Gasteiger partial charge in [0, 0.05) is 44.6 Å². The molecule has 16 heavy (non-hydrogen) atoms. The monoisotopic (exact) mass is 222 g/mol. The third-order valence-corrected chi connectivity index (χ3v) is 2.90. The molecule has 0 spiro atoms. The van der Waals surface area contributed by atoms with Crippen LogP contribution in [0.25, 0.3) is 0 Å². The van der Waals surface area contributed by atoms with E-state index in [2.05, 4.69) is 22.1 Å². The Bertz CT molecular complexity index is 415. The van der Waals surface area contributed by atoms with Gasteiger partial charge in [0.05, 0.1) is 0 Å². The molecular weight excluding hydrogens is 204 g/mol. The predicted octanol–water partition coefficient (Wildman–Crippen LogP) is 0.0613. The summed E-state index contributed by atoms with van der Waals surface area (Å²) >= 11 is 0. The highest BCUT2D eigenvalue weighted by molar-refractivity contribution is 5.36. The summed E-state index contributed by atoms with van der Waals surface area (Å²) in [6, 6.07) is 0.408. The highest BCUT2D eigenvalue weighted by Gasteiger charge is 2.19. The van der Waals surface area contributed by atoms with Crippen LogP contribution < -0.4 is 15.8 Å². The van der Waals surface area contributed by atoms with E-state index in [1.165, 1.54) is 0 Å². The number of aromatic nitrogens is 2. The second-order valence-electron chi connectivity index (χ2n) is 4.14. The van der Waals surface area contributed by atoms with Crippen molar-refractivity contribution in [3.05, 3.63) is 22.7 Å². The van der Waals surface area contributed by atoms with Crippen molar-refractivity contribution < 1.29 is 0 Å². The first-order chi connectivity index (χ1) is 7.72. The summed E-state index contributed by atoms with van der Waals surface area (Å²) in [4.78, 5) is 18.3. The molecule has 1 unspecified atom stereocenters. The number of piperazine rings is 1. The summed E-state index contributed by atoms with van der Waals surface area (Å²) in [5.74, 6) is 0.581. The Morgan fingerprint density at radius 2 is 2.44 bits per heavy atom. The standard InChI is InChI=1S/C11H18N4O/c1-3-14-6-5-13-10(11(14)16)15-7-4-12-9(2)8-15/h5-6,9,12H,3-4,7-8H2,1-2H3. The van der Waals surface area contributed by atoms with Gasteiger partial charge >= 0.3 is 0 Å². The lowest BCUT2D eigenvalue weighted by Gasteiger charge is -2.32. The SMILES string of the molecule is CCn1ccnc(N2CCNC(C)C2)c1=O. The molecule has 1 atom stereocenters.